The molecule has 0 atom stereocenters. The van der Waals surface area contributed by atoms with Gasteiger partial charge in [0.2, 0.25) is 0 Å². The van der Waals surface area contributed by atoms with Gasteiger partial charge in [-0.3, -0.25) is 4.79 Å². The van der Waals surface area contributed by atoms with Crippen LogP contribution in [0.4, 0.5) is 0 Å². The highest BCUT2D eigenvalue weighted by Crippen LogP contribution is 2.47. The summed E-state index contributed by atoms with van der Waals surface area (Å²) in [7, 11) is 2.18. The van der Waals surface area contributed by atoms with E-state index in [4.69, 9.17) is 4.98 Å². The molecule has 2 fully saturated rings. The first-order chi connectivity index (χ1) is 14.6. The van der Waals surface area contributed by atoms with E-state index in [2.05, 4.69) is 53.5 Å². The van der Waals surface area contributed by atoms with Crippen LogP contribution in [0.1, 0.15) is 72.5 Å². The standard InChI is InChI=1S/C26H29N3O/c1-29-12-10-26(11-13-29)15-24(30)20-7-6-18(14-22(20)26)21-16-27-25-19(21)8-9-23(28-25)17-4-2-3-5-17/h6-9,14,16-17H,2-5,10-13,15H2,1H3,(H,27,28). The second-order valence-corrected chi connectivity index (χ2v) is 9.76. The van der Waals surface area contributed by atoms with Crippen LogP contribution in [0, 0.1) is 0 Å². The van der Waals surface area contributed by atoms with E-state index in [0.29, 0.717) is 18.1 Å². The van der Waals surface area contributed by atoms with Crippen molar-refractivity contribution in [1.82, 2.24) is 14.9 Å². The predicted octanol–water partition coefficient (Wildman–Crippen LogP) is 5.44. The third-order valence-electron chi connectivity index (χ3n) is 7.98. The van der Waals surface area contributed by atoms with Gasteiger partial charge >= 0.3 is 0 Å². The molecule has 1 saturated carbocycles. The Bertz CT molecular complexity index is 1130. The van der Waals surface area contributed by atoms with Crippen molar-refractivity contribution in [1.29, 1.82) is 0 Å². The Morgan fingerprint density at radius 2 is 1.87 bits per heavy atom. The fourth-order valence-electron chi connectivity index (χ4n) is 6.09. The summed E-state index contributed by atoms with van der Waals surface area (Å²) in [6.45, 7) is 2.13. The van der Waals surface area contributed by atoms with E-state index in [1.54, 1.807) is 0 Å². The number of rotatable bonds is 2. The number of fused-ring (bicyclic) bond motifs is 3. The van der Waals surface area contributed by atoms with Crippen LogP contribution in [0.2, 0.25) is 0 Å². The number of hydrogen-bond donors (Lipinski definition) is 1. The topological polar surface area (TPSA) is 49.0 Å². The zero-order chi connectivity index (χ0) is 20.3. The van der Waals surface area contributed by atoms with E-state index in [1.807, 2.05) is 0 Å². The van der Waals surface area contributed by atoms with E-state index in [-0.39, 0.29) is 5.41 Å². The minimum absolute atomic E-state index is 0.0366. The third-order valence-corrected chi connectivity index (χ3v) is 7.98. The molecular weight excluding hydrogens is 370 g/mol. The molecule has 0 amide bonds. The lowest BCUT2D eigenvalue weighted by Crippen LogP contribution is -2.39. The number of aromatic amines is 1. The second kappa shape index (κ2) is 6.78. The third kappa shape index (κ3) is 2.77. The lowest BCUT2D eigenvalue weighted by molar-refractivity contribution is 0.0945. The van der Waals surface area contributed by atoms with Crippen LogP contribution in [-0.4, -0.2) is 40.8 Å². The number of hydrogen-bond acceptors (Lipinski definition) is 3. The second-order valence-electron chi connectivity index (χ2n) is 9.76. The highest BCUT2D eigenvalue weighted by atomic mass is 16.1. The number of benzene rings is 1. The summed E-state index contributed by atoms with van der Waals surface area (Å²) in [5.74, 6) is 0.944. The molecule has 3 aliphatic rings. The Labute approximate surface area is 177 Å². The molecular formula is C26H29N3O. The van der Waals surface area contributed by atoms with Gasteiger partial charge in [-0.05, 0) is 75.1 Å². The summed E-state index contributed by atoms with van der Waals surface area (Å²) < 4.78 is 0. The summed E-state index contributed by atoms with van der Waals surface area (Å²) in [5, 5.41) is 1.18. The minimum atomic E-state index is 0.0366. The molecule has 2 aromatic heterocycles. The Morgan fingerprint density at radius 3 is 2.67 bits per heavy atom. The summed E-state index contributed by atoms with van der Waals surface area (Å²) in [6, 6.07) is 11.0. The highest BCUT2D eigenvalue weighted by Gasteiger charge is 2.44. The van der Waals surface area contributed by atoms with Gasteiger partial charge in [0.05, 0.1) is 0 Å². The average molecular weight is 400 g/mol. The lowest BCUT2D eigenvalue weighted by atomic mass is 9.73. The highest BCUT2D eigenvalue weighted by molar-refractivity contribution is 6.03. The zero-order valence-corrected chi connectivity index (χ0v) is 17.7. The number of likely N-dealkylation sites (tertiary alicyclic amines) is 1. The maximum atomic E-state index is 12.8. The first-order valence-electron chi connectivity index (χ1n) is 11.5. The van der Waals surface area contributed by atoms with Gasteiger partial charge in [0.15, 0.2) is 5.78 Å². The summed E-state index contributed by atoms with van der Waals surface area (Å²) in [6.07, 6.45) is 10.1. The van der Waals surface area contributed by atoms with Crippen molar-refractivity contribution in [2.45, 2.75) is 56.3 Å². The van der Waals surface area contributed by atoms with Crippen LogP contribution in [0.25, 0.3) is 22.2 Å². The van der Waals surface area contributed by atoms with Crippen molar-refractivity contribution >= 4 is 16.8 Å². The van der Waals surface area contributed by atoms with E-state index < -0.39 is 0 Å². The lowest BCUT2D eigenvalue weighted by Gasteiger charge is -2.38. The van der Waals surface area contributed by atoms with Crippen molar-refractivity contribution < 1.29 is 4.79 Å². The van der Waals surface area contributed by atoms with Crippen molar-refractivity contribution in [2.75, 3.05) is 20.1 Å². The quantitative estimate of drug-likeness (QED) is 0.624. The first kappa shape index (κ1) is 18.3. The molecule has 1 spiro atoms. The number of H-pyrrole nitrogens is 1. The van der Waals surface area contributed by atoms with E-state index in [1.165, 1.54) is 53.5 Å². The molecule has 4 nitrogen and oxygen atoms in total. The van der Waals surface area contributed by atoms with Crippen LogP contribution >= 0.6 is 0 Å². The molecule has 30 heavy (non-hydrogen) atoms. The largest absolute Gasteiger partial charge is 0.346 e. The van der Waals surface area contributed by atoms with Crippen LogP contribution in [-0.2, 0) is 5.41 Å². The number of pyridine rings is 1. The molecule has 0 bridgehead atoms. The molecule has 2 aliphatic carbocycles. The zero-order valence-electron chi connectivity index (χ0n) is 17.7. The van der Waals surface area contributed by atoms with Gasteiger partial charge in [-0.1, -0.05) is 25.0 Å². The molecule has 154 valence electrons. The number of aromatic nitrogens is 2. The molecule has 0 radical (unpaired) electrons. The van der Waals surface area contributed by atoms with Gasteiger partial charge in [-0.2, -0.15) is 0 Å². The number of nitrogens with zero attached hydrogens (tertiary/aromatic N) is 2. The van der Waals surface area contributed by atoms with Gasteiger partial charge in [-0.15, -0.1) is 0 Å². The molecule has 1 saturated heterocycles. The Morgan fingerprint density at radius 1 is 1.07 bits per heavy atom. The minimum Gasteiger partial charge on any atom is -0.346 e. The number of carbonyl (C=O) groups is 1. The van der Waals surface area contributed by atoms with Gasteiger partial charge in [0.25, 0.3) is 0 Å². The molecule has 3 heterocycles. The molecule has 4 heteroatoms. The van der Waals surface area contributed by atoms with Gasteiger partial charge < -0.3 is 9.88 Å². The Balaban J connectivity index is 1.40. The fraction of sp³-hybridized carbons (Fsp3) is 0.462. The van der Waals surface area contributed by atoms with Gasteiger partial charge in [0, 0.05) is 46.2 Å². The van der Waals surface area contributed by atoms with Crippen molar-refractivity contribution in [3.63, 3.8) is 0 Å². The summed E-state index contributed by atoms with van der Waals surface area (Å²) in [5.41, 5.74) is 6.88. The number of Topliss-reactive ketones (excluding diaryl/α,β-unsaturated/α-hetero) is 1. The molecule has 0 unspecified atom stereocenters. The summed E-state index contributed by atoms with van der Waals surface area (Å²) in [4.78, 5) is 23.5. The monoisotopic (exact) mass is 399 g/mol. The molecule has 3 aromatic rings. The molecule has 1 aromatic carbocycles. The van der Waals surface area contributed by atoms with E-state index in [0.717, 1.165) is 37.1 Å². The Hall–Kier alpha value is -2.46. The van der Waals surface area contributed by atoms with Gasteiger partial charge in [0.1, 0.15) is 5.65 Å². The van der Waals surface area contributed by atoms with E-state index >= 15 is 0 Å². The SMILES string of the molecule is CN1CCC2(CC1)CC(=O)c1ccc(-c3c[nH]c4nc(C5CCCC5)ccc34)cc12. The fourth-order valence-corrected chi connectivity index (χ4v) is 6.09. The molecule has 1 N–H and O–H groups in total. The average Bonchev–Trinajstić information content (AvgIpc) is 3.49. The van der Waals surface area contributed by atoms with Crippen LogP contribution in [0.15, 0.2) is 36.5 Å². The number of piperidine rings is 1. The predicted molar refractivity (Wildman–Crippen MR) is 120 cm³/mol. The van der Waals surface area contributed by atoms with Crippen LogP contribution in [0.3, 0.4) is 0 Å². The van der Waals surface area contributed by atoms with E-state index in [9.17, 15) is 4.79 Å². The van der Waals surface area contributed by atoms with Gasteiger partial charge in [-0.25, -0.2) is 4.98 Å². The number of carbonyl (C=O) groups excluding carboxylic acids is 1. The number of nitrogens with one attached hydrogen (secondary N) is 1. The maximum Gasteiger partial charge on any atom is 0.164 e. The smallest absolute Gasteiger partial charge is 0.164 e. The van der Waals surface area contributed by atoms with Crippen molar-refractivity contribution in [2.24, 2.45) is 0 Å². The maximum absolute atomic E-state index is 12.8. The summed E-state index contributed by atoms with van der Waals surface area (Å²) >= 11 is 0. The van der Waals surface area contributed by atoms with Crippen LogP contribution < -0.4 is 0 Å². The van der Waals surface area contributed by atoms with Crippen LogP contribution in [0.5, 0.6) is 0 Å². The normalized spacial score (nSPS) is 21.7. The Kier molecular flexibility index (Phi) is 4.14. The van der Waals surface area contributed by atoms with Crippen molar-refractivity contribution in [3.8, 4) is 11.1 Å². The molecule has 1 aliphatic heterocycles. The first-order valence-corrected chi connectivity index (χ1v) is 11.5. The molecule has 6 rings (SSSR count). The number of ketones is 1. The van der Waals surface area contributed by atoms with Crippen molar-refractivity contribution in [3.05, 3.63) is 53.3 Å².